The van der Waals surface area contributed by atoms with Crippen LogP contribution in [0.5, 0.6) is 5.75 Å². The van der Waals surface area contributed by atoms with Crippen molar-refractivity contribution in [1.29, 1.82) is 0 Å². The quantitative estimate of drug-likeness (QED) is 0.696. The smallest absolute Gasteiger partial charge is 0.119 e. The van der Waals surface area contributed by atoms with Crippen LogP contribution in [0.15, 0.2) is 54.6 Å². The van der Waals surface area contributed by atoms with Crippen LogP contribution in [0.3, 0.4) is 0 Å². The summed E-state index contributed by atoms with van der Waals surface area (Å²) in [4.78, 5) is 0. The van der Waals surface area contributed by atoms with Gasteiger partial charge in [0.1, 0.15) is 5.75 Å². The van der Waals surface area contributed by atoms with Crippen molar-refractivity contribution in [2.75, 3.05) is 13.2 Å². The van der Waals surface area contributed by atoms with Gasteiger partial charge in [-0.05, 0) is 36.2 Å². The molecule has 2 aromatic rings. The van der Waals surface area contributed by atoms with E-state index in [9.17, 15) is 0 Å². The van der Waals surface area contributed by atoms with Crippen LogP contribution in [-0.2, 0) is 13.0 Å². The summed E-state index contributed by atoms with van der Waals surface area (Å²) >= 11 is 0. The lowest BCUT2D eigenvalue weighted by Gasteiger charge is -2.08. The van der Waals surface area contributed by atoms with Crippen molar-refractivity contribution in [2.24, 2.45) is 0 Å². The molecule has 0 bridgehead atoms. The molecule has 2 aromatic carbocycles. The first-order chi connectivity index (χ1) is 10.4. The minimum absolute atomic E-state index is 0.720. The minimum atomic E-state index is 0.720. The lowest BCUT2D eigenvalue weighted by atomic mass is 10.2. The summed E-state index contributed by atoms with van der Waals surface area (Å²) in [5, 5.41) is 3.45. The van der Waals surface area contributed by atoms with Crippen molar-refractivity contribution in [2.45, 2.75) is 32.7 Å². The van der Waals surface area contributed by atoms with Gasteiger partial charge < -0.3 is 10.1 Å². The molecule has 0 fully saturated rings. The van der Waals surface area contributed by atoms with Gasteiger partial charge in [0, 0.05) is 13.0 Å². The average Bonchev–Trinajstić information content (AvgIpc) is 2.54. The third kappa shape index (κ3) is 6.01. The maximum Gasteiger partial charge on any atom is 0.119 e. The van der Waals surface area contributed by atoms with Gasteiger partial charge in [-0.25, -0.2) is 0 Å². The summed E-state index contributed by atoms with van der Waals surface area (Å²) in [6.45, 7) is 4.96. The molecule has 21 heavy (non-hydrogen) atoms. The predicted molar refractivity (Wildman–Crippen MR) is 88.7 cm³/mol. The molecule has 2 nitrogen and oxygen atoms in total. The summed E-state index contributed by atoms with van der Waals surface area (Å²) in [7, 11) is 0. The van der Waals surface area contributed by atoms with Crippen LogP contribution in [-0.4, -0.2) is 13.2 Å². The maximum atomic E-state index is 5.79. The van der Waals surface area contributed by atoms with Crippen LogP contribution in [0.4, 0.5) is 0 Å². The topological polar surface area (TPSA) is 21.3 Å². The molecule has 0 unspecified atom stereocenters. The Labute approximate surface area is 128 Å². The summed E-state index contributed by atoms with van der Waals surface area (Å²) in [6.07, 6.45) is 3.42. The van der Waals surface area contributed by atoms with Crippen molar-refractivity contribution in [3.05, 3.63) is 65.7 Å². The van der Waals surface area contributed by atoms with Gasteiger partial charge in [0.2, 0.25) is 0 Å². The molecule has 0 aliphatic carbocycles. The molecular weight excluding hydrogens is 258 g/mol. The van der Waals surface area contributed by atoms with Gasteiger partial charge in [0.05, 0.1) is 6.61 Å². The molecule has 2 rings (SSSR count). The summed E-state index contributed by atoms with van der Waals surface area (Å²) < 4.78 is 5.79. The zero-order valence-corrected chi connectivity index (χ0v) is 12.8. The number of hydrogen-bond donors (Lipinski definition) is 1. The van der Waals surface area contributed by atoms with Crippen LogP contribution >= 0.6 is 0 Å². The molecule has 0 heterocycles. The van der Waals surface area contributed by atoms with Crippen LogP contribution in [0.1, 0.15) is 30.9 Å². The Morgan fingerprint density at radius 2 is 1.67 bits per heavy atom. The van der Waals surface area contributed by atoms with Gasteiger partial charge in [-0.15, -0.1) is 0 Å². The summed E-state index contributed by atoms with van der Waals surface area (Å²) in [6, 6.07) is 18.8. The monoisotopic (exact) mass is 283 g/mol. The van der Waals surface area contributed by atoms with Gasteiger partial charge in [-0.3, -0.25) is 0 Å². The lowest BCUT2D eigenvalue weighted by molar-refractivity contribution is 0.322. The molecule has 0 spiro atoms. The summed E-state index contributed by atoms with van der Waals surface area (Å²) in [5.74, 6) is 0.947. The maximum absolute atomic E-state index is 5.79. The van der Waals surface area contributed by atoms with Crippen molar-refractivity contribution in [3.8, 4) is 5.75 Å². The zero-order chi connectivity index (χ0) is 14.8. The van der Waals surface area contributed by atoms with E-state index >= 15 is 0 Å². The molecule has 0 amide bonds. The first-order valence-corrected chi connectivity index (χ1v) is 7.85. The highest BCUT2D eigenvalue weighted by Crippen LogP contribution is 2.12. The molecule has 2 heteroatoms. The molecule has 0 aliphatic heterocycles. The van der Waals surface area contributed by atoms with Crippen LogP contribution < -0.4 is 10.1 Å². The molecule has 112 valence electrons. The first kappa shape index (κ1) is 15.6. The van der Waals surface area contributed by atoms with E-state index in [0.717, 1.165) is 31.9 Å². The fourth-order valence-corrected chi connectivity index (χ4v) is 2.17. The van der Waals surface area contributed by atoms with Gasteiger partial charge >= 0.3 is 0 Å². The van der Waals surface area contributed by atoms with Crippen LogP contribution in [0, 0.1) is 0 Å². The van der Waals surface area contributed by atoms with Gasteiger partial charge in [0.25, 0.3) is 0 Å². The van der Waals surface area contributed by atoms with E-state index in [1.165, 1.54) is 24.0 Å². The van der Waals surface area contributed by atoms with E-state index < -0.39 is 0 Å². The van der Waals surface area contributed by atoms with E-state index in [4.69, 9.17) is 4.74 Å². The van der Waals surface area contributed by atoms with E-state index in [1.54, 1.807) is 0 Å². The third-order valence-electron chi connectivity index (χ3n) is 3.46. The largest absolute Gasteiger partial charge is 0.493 e. The van der Waals surface area contributed by atoms with E-state index in [-0.39, 0.29) is 0 Å². The number of rotatable bonds is 9. The Balaban J connectivity index is 1.69. The molecular formula is C19H25NO. The molecule has 0 saturated heterocycles. The normalized spacial score (nSPS) is 10.5. The number of nitrogens with one attached hydrogen (secondary N) is 1. The highest BCUT2D eigenvalue weighted by atomic mass is 16.5. The fourth-order valence-electron chi connectivity index (χ4n) is 2.17. The van der Waals surface area contributed by atoms with E-state index in [0.29, 0.717) is 0 Å². The Kier molecular flexibility index (Phi) is 6.82. The standard InChI is InChI=1S/C19H25NO/c1-2-3-14-20-16-18-9-11-19(12-10-18)21-15-13-17-7-5-4-6-8-17/h4-12,20H,2-3,13-16H2,1H3. The summed E-state index contributed by atoms with van der Waals surface area (Å²) in [5.41, 5.74) is 2.62. The van der Waals surface area contributed by atoms with Gasteiger partial charge in [-0.1, -0.05) is 55.8 Å². The highest BCUT2D eigenvalue weighted by molar-refractivity contribution is 5.27. The molecule has 0 radical (unpaired) electrons. The second-order valence-corrected chi connectivity index (χ2v) is 5.26. The molecule has 0 aliphatic rings. The Morgan fingerprint density at radius 1 is 0.905 bits per heavy atom. The van der Waals surface area contributed by atoms with E-state index in [1.807, 2.05) is 6.07 Å². The number of ether oxygens (including phenoxy) is 1. The van der Waals surface area contributed by atoms with Crippen molar-refractivity contribution >= 4 is 0 Å². The van der Waals surface area contributed by atoms with Crippen molar-refractivity contribution in [3.63, 3.8) is 0 Å². The van der Waals surface area contributed by atoms with Crippen LogP contribution in [0.25, 0.3) is 0 Å². The predicted octanol–water partition coefficient (Wildman–Crippen LogP) is 4.20. The Hall–Kier alpha value is -1.80. The van der Waals surface area contributed by atoms with Crippen molar-refractivity contribution in [1.82, 2.24) is 5.32 Å². The Morgan fingerprint density at radius 3 is 2.38 bits per heavy atom. The number of unbranched alkanes of at least 4 members (excludes halogenated alkanes) is 1. The van der Waals surface area contributed by atoms with Gasteiger partial charge in [0.15, 0.2) is 0 Å². The molecule has 0 aromatic heterocycles. The molecule has 1 N–H and O–H groups in total. The lowest BCUT2D eigenvalue weighted by Crippen LogP contribution is -2.14. The SMILES string of the molecule is CCCCNCc1ccc(OCCc2ccccc2)cc1. The Bertz CT molecular complexity index is 493. The number of benzene rings is 2. The zero-order valence-electron chi connectivity index (χ0n) is 12.8. The molecule has 0 atom stereocenters. The van der Waals surface area contributed by atoms with Gasteiger partial charge in [-0.2, -0.15) is 0 Å². The third-order valence-corrected chi connectivity index (χ3v) is 3.46. The highest BCUT2D eigenvalue weighted by Gasteiger charge is 1.97. The molecule has 0 saturated carbocycles. The second-order valence-electron chi connectivity index (χ2n) is 5.26. The van der Waals surface area contributed by atoms with Crippen molar-refractivity contribution < 1.29 is 4.74 Å². The first-order valence-electron chi connectivity index (χ1n) is 7.85. The van der Waals surface area contributed by atoms with E-state index in [2.05, 4.69) is 60.8 Å². The second kappa shape index (κ2) is 9.19. The minimum Gasteiger partial charge on any atom is -0.493 e. The van der Waals surface area contributed by atoms with Crippen LogP contribution in [0.2, 0.25) is 0 Å². The fraction of sp³-hybridized carbons (Fsp3) is 0.368. The average molecular weight is 283 g/mol. The number of hydrogen-bond acceptors (Lipinski definition) is 2.